The highest BCUT2D eigenvalue weighted by molar-refractivity contribution is 8.18. The third-order valence-corrected chi connectivity index (χ3v) is 6.20. The van der Waals surface area contributed by atoms with Crippen LogP contribution >= 0.6 is 23.5 Å². The van der Waals surface area contributed by atoms with Gasteiger partial charge in [0.25, 0.3) is 0 Å². The van der Waals surface area contributed by atoms with Gasteiger partial charge in [-0.15, -0.1) is 23.5 Å². The molecule has 78 valence electrons. The van der Waals surface area contributed by atoms with Crippen molar-refractivity contribution in [1.82, 2.24) is 4.90 Å². The molecule has 0 aliphatic carbocycles. The molecule has 0 bridgehead atoms. The highest BCUT2D eigenvalue weighted by Crippen LogP contribution is 2.49. The first-order chi connectivity index (χ1) is 5.72. The van der Waals surface area contributed by atoms with Crippen molar-refractivity contribution >= 4 is 23.5 Å². The summed E-state index contributed by atoms with van der Waals surface area (Å²) in [7, 11) is 2.26. The van der Waals surface area contributed by atoms with Crippen molar-refractivity contribution in [3.63, 3.8) is 0 Å². The van der Waals surface area contributed by atoms with E-state index in [1.54, 1.807) is 0 Å². The third-order valence-electron chi connectivity index (χ3n) is 2.87. The van der Waals surface area contributed by atoms with Gasteiger partial charge in [0.1, 0.15) is 0 Å². The van der Waals surface area contributed by atoms with Crippen molar-refractivity contribution in [2.45, 2.75) is 37.3 Å². The van der Waals surface area contributed by atoms with Crippen molar-refractivity contribution < 1.29 is 0 Å². The first-order valence-electron chi connectivity index (χ1n) is 4.70. The molecule has 0 aromatic rings. The topological polar surface area (TPSA) is 3.24 Å². The van der Waals surface area contributed by atoms with E-state index < -0.39 is 0 Å². The van der Waals surface area contributed by atoms with E-state index in [0.717, 1.165) is 6.04 Å². The van der Waals surface area contributed by atoms with Crippen LogP contribution in [0.1, 0.15) is 27.2 Å². The number of hydrogen-bond donors (Lipinski definition) is 0. The molecule has 0 aromatic carbocycles. The van der Waals surface area contributed by atoms with Gasteiger partial charge in [-0.3, -0.25) is 0 Å². The molecule has 0 aromatic heterocycles. The standard InChI is InChI=1S/C9H17NS2.CH4/c1-8-6-9(7-10(8)2)11-4-3-5-12-9;/h8H,3-7H2,1-2H3;1H4/t8-;/m1./s1. The fourth-order valence-corrected chi connectivity index (χ4v) is 5.68. The highest BCUT2D eigenvalue weighted by atomic mass is 32.2. The van der Waals surface area contributed by atoms with Gasteiger partial charge in [0, 0.05) is 12.6 Å². The Morgan fingerprint density at radius 2 is 1.92 bits per heavy atom. The first kappa shape index (κ1) is 11.7. The molecule has 1 spiro atoms. The minimum absolute atomic E-state index is 0. The Morgan fingerprint density at radius 1 is 1.31 bits per heavy atom. The van der Waals surface area contributed by atoms with Gasteiger partial charge >= 0.3 is 0 Å². The lowest BCUT2D eigenvalue weighted by molar-refractivity contribution is 0.330. The number of likely N-dealkylation sites (tertiary alicyclic amines) is 1. The molecule has 0 amide bonds. The SMILES string of the molecule is C.C[C@@H]1CC2(CN1C)SCCCS2. The van der Waals surface area contributed by atoms with Crippen molar-refractivity contribution in [2.75, 3.05) is 25.1 Å². The largest absolute Gasteiger partial charge is 0.301 e. The second-order valence-electron chi connectivity index (χ2n) is 3.93. The lowest BCUT2D eigenvalue weighted by Gasteiger charge is -2.31. The molecule has 2 rings (SSSR count). The van der Waals surface area contributed by atoms with Gasteiger partial charge in [-0.25, -0.2) is 0 Å². The van der Waals surface area contributed by atoms with Gasteiger partial charge in [0.05, 0.1) is 4.08 Å². The first-order valence-corrected chi connectivity index (χ1v) is 6.67. The molecule has 2 saturated heterocycles. The Labute approximate surface area is 91.0 Å². The minimum Gasteiger partial charge on any atom is -0.301 e. The second-order valence-corrected chi connectivity index (χ2v) is 7.14. The van der Waals surface area contributed by atoms with Crippen LogP contribution in [0, 0.1) is 0 Å². The summed E-state index contributed by atoms with van der Waals surface area (Å²) in [5.41, 5.74) is 0. The average molecular weight is 219 g/mol. The summed E-state index contributed by atoms with van der Waals surface area (Å²) in [4.78, 5) is 2.51. The van der Waals surface area contributed by atoms with E-state index in [9.17, 15) is 0 Å². The van der Waals surface area contributed by atoms with E-state index in [-0.39, 0.29) is 7.43 Å². The van der Waals surface area contributed by atoms with Crippen LogP contribution in [0.15, 0.2) is 0 Å². The van der Waals surface area contributed by atoms with E-state index >= 15 is 0 Å². The maximum absolute atomic E-state index is 2.51. The molecular weight excluding hydrogens is 198 g/mol. The van der Waals surface area contributed by atoms with Crippen LogP contribution in [-0.2, 0) is 0 Å². The lowest BCUT2D eigenvalue weighted by atomic mass is 10.2. The number of nitrogens with zero attached hydrogens (tertiary/aromatic N) is 1. The summed E-state index contributed by atoms with van der Waals surface area (Å²) >= 11 is 4.40. The van der Waals surface area contributed by atoms with Crippen molar-refractivity contribution in [3.05, 3.63) is 0 Å². The van der Waals surface area contributed by atoms with Gasteiger partial charge in [-0.1, -0.05) is 7.43 Å². The molecule has 2 aliphatic rings. The smallest absolute Gasteiger partial charge is 0.0752 e. The van der Waals surface area contributed by atoms with Crippen LogP contribution in [0.25, 0.3) is 0 Å². The van der Waals surface area contributed by atoms with Gasteiger partial charge in [-0.2, -0.15) is 0 Å². The van der Waals surface area contributed by atoms with Crippen LogP contribution in [0.4, 0.5) is 0 Å². The number of thioether (sulfide) groups is 2. The Morgan fingerprint density at radius 3 is 2.38 bits per heavy atom. The van der Waals surface area contributed by atoms with Crippen molar-refractivity contribution in [3.8, 4) is 0 Å². The second kappa shape index (κ2) is 4.45. The fraction of sp³-hybridized carbons (Fsp3) is 1.00. The Balaban J connectivity index is 0.000000845. The Kier molecular flexibility index (Phi) is 4.02. The summed E-state index contributed by atoms with van der Waals surface area (Å²) in [6, 6.07) is 0.795. The molecule has 2 aliphatic heterocycles. The van der Waals surface area contributed by atoms with Gasteiger partial charge in [0.2, 0.25) is 0 Å². The zero-order valence-electron chi connectivity index (χ0n) is 7.88. The normalized spacial score (nSPS) is 33.2. The molecule has 1 atom stereocenters. The molecule has 2 fully saturated rings. The average Bonchev–Trinajstić information content (AvgIpc) is 2.29. The molecule has 2 heterocycles. The lowest BCUT2D eigenvalue weighted by Crippen LogP contribution is -2.28. The highest BCUT2D eigenvalue weighted by Gasteiger charge is 2.42. The van der Waals surface area contributed by atoms with Crippen LogP contribution in [-0.4, -0.2) is 40.1 Å². The van der Waals surface area contributed by atoms with E-state index in [1.165, 1.54) is 30.9 Å². The van der Waals surface area contributed by atoms with Crippen LogP contribution in [0.2, 0.25) is 0 Å². The maximum Gasteiger partial charge on any atom is 0.0752 e. The van der Waals surface area contributed by atoms with Crippen LogP contribution in [0.3, 0.4) is 0 Å². The summed E-state index contributed by atoms with van der Waals surface area (Å²) in [6.07, 6.45) is 2.80. The Hall–Kier alpha value is 0.660. The van der Waals surface area contributed by atoms with E-state index in [4.69, 9.17) is 0 Å². The molecule has 1 nitrogen and oxygen atoms in total. The van der Waals surface area contributed by atoms with Crippen LogP contribution < -0.4 is 0 Å². The maximum atomic E-state index is 2.51. The number of rotatable bonds is 0. The molecule has 0 saturated carbocycles. The molecule has 3 heteroatoms. The van der Waals surface area contributed by atoms with Gasteiger partial charge < -0.3 is 4.90 Å². The zero-order chi connectivity index (χ0) is 8.60. The summed E-state index contributed by atoms with van der Waals surface area (Å²) in [5.74, 6) is 2.76. The van der Waals surface area contributed by atoms with Crippen LogP contribution in [0.5, 0.6) is 0 Å². The molecule has 13 heavy (non-hydrogen) atoms. The minimum atomic E-state index is 0. The predicted octanol–water partition coefficient (Wildman–Crippen LogP) is 2.91. The molecule has 0 unspecified atom stereocenters. The monoisotopic (exact) mass is 219 g/mol. The third kappa shape index (κ3) is 2.37. The molecular formula is C10H21NS2. The zero-order valence-corrected chi connectivity index (χ0v) is 9.51. The molecule has 0 N–H and O–H groups in total. The predicted molar refractivity (Wildman–Crippen MR) is 65.7 cm³/mol. The number of hydrogen-bond acceptors (Lipinski definition) is 3. The summed E-state index contributed by atoms with van der Waals surface area (Å²) in [6.45, 7) is 3.65. The fourth-order valence-electron chi connectivity index (χ4n) is 2.03. The van der Waals surface area contributed by atoms with Gasteiger partial charge in [0.15, 0.2) is 0 Å². The van der Waals surface area contributed by atoms with Crippen molar-refractivity contribution in [1.29, 1.82) is 0 Å². The quantitative estimate of drug-likeness (QED) is 0.617. The van der Waals surface area contributed by atoms with E-state index in [2.05, 4.69) is 42.4 Å². The van der Waals surface area contributed by atoms with Gasteiger partial charge in [-0.05, 0) is 38.3 Å². The molecule has 0 radical (unpaired) electrons. The van der Waals surface area contributed by atoms with E-state index in [1.807, 2.05) is 0 Å². The van der Waals surface area contributed by atoms with E-state index in [0.29, 0.717) is 4.08 Å². The summed E-state index contributed by atoms with van der Waals surface area (Å²) < 4.78 is 0.576. The van der Waals surface area contributed by atoms with Crippen molar-refractivity contribution in [2.24, 2.45) is 0 Å². The summed E-state index contributed by atoms with van der Waals surface area (Å²) in [5, 5.41) is 0. The Bertz CT molecular complexity index is 154.